The predicted molar refractivity (Wildman–Crippen MR) is 146 cm³/mol. The molecule has 1 fully saturated rings. The Kier molecular flexibility index (Phi) is 9.71. The maximum atomic E-state index is 14.3. The van der Waals surface area contributed by atoms with Crippen LogP contribution >= 0.6 is 10.0 Å². The summed E-state index contributed by atoms with van der Waals surface area (Å²) < 4.78 is 91.4. The van der Waals surface area contributed by atoms with E-state index >= 15 is 0 Å². The molecule has 1 N–H and O–H groups in total. The number of amides is 1. The van der Waals surface area contributed by atoms with E-state index in [0.717, 1.165) is 0 Å². The van der Waals surface area contributed by atoms with Crippen LogP contribution in [0.15, 0.2) is 24.3 Å². The molecule has 2 aromatic carbocycles. The average Bonchev–Trinajstić information content (AvgIpc) is 3.10. The van der Waals surface area contributed by atoms with Gasteiger partial charge >= 0.3 is 19.2 Å². The van der Waals surface area contributed by atoms with Crippen LogP contribution in [-0.2, 0) is 18.8 Å². The van der Waals surface area contributed by atoms with Crippen LogP contribution in [0.5, 0.6) is 5.75 Å². The molecule has 3 rings (SSSR count). The standard InChI is InChI=1S/C27H33BF5NO6S/c1-26(2)27(3,4)40-28(39-26)16-10-8-9-15(13-16)17(14-34-25(36)37-11-12-41(5,6)7)24(35)38-23-21(32)19(30)18(29)20(31)22(23)33/h8-10,13,17H,11-12,14H2,1-7H3,(H,34,36). The molecule has 0 saturated carbocycles. The summed E-state index contributed by atoms with van der Waals surface area (Å²) >= 11 is 0. The first kappa shape index (κ1) is 32.7. The van der Waals surface area contributed by atoms with E-state index < -0.39 is 87.7 Å². The number of ether oxygens (including phenoxy) is 2. The van der Waals surface area contributed by atoms with Crippen molar-refractivity contribution in [3.63, 3.8) is 0 Å². The number of esters is 1. The minimum Gasteiger partial charge on any atom is -0.449 e. The second-order valence-electron chi connectivity index (χ2n) is 11.4. The Bertz CT molecular complexity index is 1270. The van der Waals surface area contributed by atoms with Gasteiger partial charge in [-0.05, 0) is 57.5 Å². The van der Waals surface area contributed by atoms with Crippen LogP contribution in [0, 0.1) is 29.1 Å². The first-order valence-electron chi connectivity index (χ1n) is 12.6. The fourth-order valence-electron chi connectivity index (χ4n) is 3.71. The van der Waals surface area contributed by atoms with Crippen molar-refractivity contribution in [3.8, 4) is 5.75 Å². The van der Waals surface area contributed by atoms with Crippen molar-refractivity contribution in [2.45, 2.75) is 44.8 Å². The van der Waals surface area contributed by atoms with Crippen LogP contribution in [-0.4, -0.2) is 68.1 Å². The number of alkyl carbamates (subject to hydrolysis) is 1. The molecule has 1 unspecified atom stereocenters. The van der Waals surface area contributed by atoms with Crippen LogP contribution in [0.4, 0.5) is 26.7 Å². The van der Waals surface area contributed by atoms with Gasteiger partial charge in [-0.2, -0.15) is 8.78 Å². The van der Waals surface area contributed by atoms with Gasteiger partial charge in [0.15, 0.2) is 0 Å². The second-order valence-corrected chi connectivity index (χ2v) is 16.0. The van der Waals surface area contributed by atoms with Crippen molar-refractivity contribution < 1.29 is 50.3 Å². The summed E-state index contributed by atoms with van der Waals surface area (Å²) in [6.45, 7) is 7.01. The number of carbonyl (C=O) groups excluding carboxylic acids is 2. The molecule has 1 saturated heterocycles. The highest BCUT2D eigenvalue weighted by molar-refractivity contribution is 8.32. The van der Waals surface area contributed by atoms with E-state index in [1.807, 2.05) is 46.5 Å². The largest absolute Gasteiger partial charge is 0.494 e. The quantitative estimate of drug-likeness (QED) is 0.111. The molecule has 226 valence electrons. The second kappa shape index (κ2) is 12.2. The zero-order valence-corrected chi connectivity index (χ0v) is 24.6. The summed E-state index contributed by atoms with van der Waals surface area (Å²) in [6, 6.07) is 6.19. The normalized spacial score (nSPS) is 17.2. The van der Waals surface area contributed by atoms with Crippen molar-refractivity contribution in [2.24, 2.45) is 0 Å². The SMILES string of the molecule is CC1(C)OB(c2cccc(C(CNC(=O)OCCS(C)(C)C)C(=O)Oc3c(F)c(F)c(F)c(F)c3F)c2)OC1(C)C. The van der Waals surface area contributed by atoms with Gasteiger partial charge < -0.3 is 24.1 Å². The van der Waals surface area contributed by atoms with Gasteiger partial charge in [-0.1, -0.05) is 24.3 Å². The third-order valence-electron chi connectivity index (χ3n) is 6.87. The van der Waals surface area contributed by atoms with Gasteiger partial charge in [-0.3, -0.25) is 4.79 Å². The highest BCUT2D eigenvalue weighted by Gasteiger charge is 2.51. The molecule has 0 spiro atoms. The Balaban J connectivity index is 1.90. The maximum absolute atomic E-state index is 14.3. The topological polar surface area (TPSA) is 83.1 Å². The highest BCUT2D eigenvalue weighted by Crippen LogP contribution is 2.37. The molecule has 0 aromatic heterocycles. The predicted octanol–water partition coefficient (Wildman–Crippen LogP) is 4.79. The van der Waals surface area contributed by atoms with Crippen molar-refractivity contribution in [3.05, 3.63) is 58.9 Å². The van der Waals surface area contributed by atoms with Gasteiger partial charge in [0, 0.05) is 12.3 Å². The van der Waals surface area contributed by atoms with Gasteiger partial charge in [0.2, 0.25) is 34.8 Å². The Morgan fingerprint density at radius 2 is 1.46 bits per heavy atom. The number of halogens is 5. The summed E-state index contributed by atoms with van der Waals surface area (Å²) in [7, 11) is -1.79. The maximum Gasteiger partial charge on any atom is 0.494 e. The molecule has 1 heterocycles. The van der Waals surface area contributed by atoms with Crippen molar-refractivity contribution in [2.75, 3.05) is 37.7 Å². The number of hydrogen-bond acceptors (Lipinski definition) is 6. The molecule has 14 heteroatoms. The number of rotatable bonds is 9. The first-order chi connectivity index (χ1) is 18.8. The lowest BCUT2D eigenvalue weighted by molar-refractivity contribution is -0.136. The molecule has 1 amide bonds. The minimum absolute atomic E-state index is 0.113. The van der Waals surface area contributed by atoms with E-state index in [1.54, 1.807) is 12.1 Å². The van der Waals surface area contributed by atoms with E-state index in [4.69, 9.17) is 18.8 Å². The summed E-state index contributed by atoms with van der Waals surface area (Å²) in [5.74, 6) is -15.5. The molecule has 0 bridgehead atoms. The van der Waals surface area contributed by atoms with Gasteiger partial charge in [0.05, 0.1) is 17.1 Å². The Morgan fingerprint density at radius 1 is 0.927 bits per heavy atom. The average molecular weight is 605 g/mol. The molecule has 0 aliphatic carbocycles. The zero-order chi connectivity index (χ0) is 30.9. The molecular weight excluding hydrogens is 572 g/mol. The van der Waals surface area contributed by atoms with E-state index in [0.29, 0.717) is 11.2 Å². The molecule has 41 heavy (non-hydrogen) atoms. The third kappa shape index (κ3) is 7.52. The molecular formula is C27H33BF5NO6S. The van der Waals surface area contributed by atoms with Crippen molar-refractivity contribution in [1.82, 2.24) is 5.32 Å². The molecule has 1 atom stereocenters. The molecule has 1 aliphatic heterocycles. The Morgan fingerprint density at radius 3 is 2.00 bits per heavy atom. The van der Waals surface area contributed by atoms with Crippen molar-refractivity contribution in [1.29, 1.82) is 0 Å². The number of benzene rings is 2. The van der Waals surface area contributed by atoms with Crippen LogP contribution in [0.2, 0.25) is 0 Å². The monoisotopic (exact) mass is 605 g/mol. The smallest absolute Gasteiger partial charge is 0.449 e. The first-order valence-corrected chi connectivity index (χ1v) is 15.6. The summed E-state index contributed by atoms with van der Waals surface area (Å²) in [5, 5.41) is 2.40. The zero-order valence-electron chi connectivity index (χ0n) is 23.8. The number of hydrogen-bond donors (Lipinski definition) is 1. The number of carbonyl (C=O) groups is 2. The Hall–Kier alpha value is -2.84. The Labute approximate surface area is 237 Å². The molecule has 7 nitrogen and oxygen atoms in total. The van der Waals surface area contributed by atoms with Crippen molar-refractivity contribution >= 4 is 34.7 Å². The summed E-state index contributed by atoms with van der Waals surface area (Å²) in [5.41, 5.74) is -0.702. The lowest BCUT2D eigenvalue weighted by atomic mass is 9.77. The molecule has 2 aromatic rings. The third-order valence-corrected chi connectivity index (χ3v) is 8.27. The lowest BCUT2D eigenvalue weighted by Gasteiger charge is -2.32. The lowest BCUT2D eigenvalue weighted by Crippen LogP contribution is -2.41. The fourth-order valence-corrected chi connectivity index (χ4v) is 4.29. The molecule has 0 radical (unpaired) electrons. The van der Waals surface area contributed by atoms with Gasteiger partial charge in [0.1, 0.15) is 6.61 Å². The fraction of sp³-hybridized carbons (Fsp3) is 0.481. The van der Waals surface area contributed by atoms with Gasteiger partial charge in [-0.25, -0.2) is 28.0 Å². The van der Waals surface area contributed by atoms with Crippen LogP contribution in [0.3, 0.4) is 0 Å². The van der Waals surface area contributed by atoms with E-state index in [2.05, 4.69) is 5.32 Å². The van der Waals surface area contributed by atoms with Crippen LogP contribution in [0.1, 0.15) is 39.2 Å². The highest BCUT2D eigenvalue weighted by atomic mass is 32.3. The van der Waals surface area contributed by atoms with Gasteiger partial charge in [0.25, 0.3) is 0 Å². The van der Waals surface area contributed by atoms with Crippen LogP contribution in [0.25, 0.3) is 0 Å². The molecule has 1 aliphatic rings. The van der Waals surface area contributed by atoms with Crippen LogP contribution < -0.4 is 15.5 Å². The summed E-state index contributed by atoms with van der Waals surface area (Å²) in [6.07, 6.45) is 5.23. The van der Waals surface area contributed by atoms with Gasteiger partial charge in [-0.15, -0.1) is 0 Å². The van der Waals surface area contributed by atoms with E-state index in [9.17, 15) is 31.5 Å². The van der Waals surface area contributed by atoms with E-state index in [-0.39, 0.29) is 12.2 Å². The summed E-state index contributed by atoms with van der Waals surface area (Å²) in [4.78, 5) is 25.5. The number of nitrogens with one attached hydrogen (secondary N) is 1. The van der Waals surface area contributed by atoms with E-state index in [1.165, 1.54) is 12.1 Å². The minimum atomic E-state index is -2.40.